The molecule has 1 saturated heterocycles. The van der Waals surface area contributed by atoms with Gasteiger partial charge in [-0.3, -0.25) is 4.79 Å². The van der Waals surface area contributed by atoms with Crippen molar-refractivity contribution in [2.45, 2.75) is 19.0 Å². The molecule has 3 heterocycles. The van der Waals surface area contributed by atoms with Gasteiger partial charge in [-0.25, -0.2) is 4.68 Å². The van der Waals surface area contributed by atoms with Gasteiger partial charge in [-0.05, 0) is 17.5 Å². The second-order valence-corrected chi connectivity index (χ2v) is 5.64. The molecule has 0 saturated carbocycles. The first kappa shape index (κ1) is 12.5. The minimum Gasteiger partial charge on any atom is -0.333 e. The molecule has 2 aliphatic rings. The van der Waals surface area contributed by atoms with Gasteiger partial charge in [0.2, 0.25) is 0 Å². The highest BCUT2D eigenvalue weighted by molar-refractivity contribution is 5.92. The quantitative estimate of drug-likeness (QED) is 0.877. The molecule has 0 unspecified atom stereocenters. The molecule has 0 aliphatic carbocycles. The Kier molecular flexibility index (Phi) is 2.96. The Morgan fingerprint density at radius 2 is 2.05 bits per heavy atom. The van der Waals surface area contributed by atoms with Crippen LogP contribution in [0.5, 0.6) is 0 Å². The van der Waals surface area contributed by atoms with Crippen molar-refractivity contribution < 1.29 is 4.79 Å². The van der Waals surface area contributed by atoms with Gasteiger partial charge in [-0.15, -0.1) is 5.10 Å². The Labute approximate surface area is 122 Å². The van der Waals surface area contributed by atoms with Crippen molar-refractivity contribution in [2.24, 2.45) is 0 Å². The molecule has 0 spiro atoms. The van der Waals surface area contributed by atoms with E-state index in [1.165, 1.54) is 11.1 Å². The van der Waals surface area contributed by atoms with Gasteiger partial charge in [-0.2, -0.15) is 0 Å². The van der Waals surface area contributed by atoms with Crippen LogP contribution < -0.4 is 5.32 Å². The molecule has 1 fully saturated rings. The molecular formula is C15H17N5O. The van der Waals surface area contributed by atoms with E-state index in [1.54, 1.807) is 10.9 Å². The van der Waals surface area contributed by atoms with Crippen LogP contribution in [0.15, 0.2) is 30.5 Å². The zero-order valence-corrected chi connectivity index (χ0v) is 11.7. The molecule has 2 aromatic rings. The summed E-state index contributed by atoms with van der Waals surface area (Å²) in [6, 6.07) is 8.63. The highest BCUT2D eigenvalue weighted by Gasteiger charge is 2.26. The van der Waals surface area contributed by atoms with Gasteiger partial charge < -0.3 is 10.2 Å². The van der Waals surface area contributed by atoms with E-state index in [0.29, 0.717) is 18.3 Å². The Balaban J connectivity index is 1.51. The first-order chi connectivity index (χ1) is 10.3. The highest BCUT2D eigenvalue weighted by Crippen LogP contribution is 2.20. The summed E-state index contributed by atoms with van der Waals surface area (Å²) in [5.74, 6) is -0.0250. The third-order valence-electron chi connectivity index (χ3n) is 4.28. The molecule has 0 bridgehead atoms. The predicted octanol–water partition coefficient (Wildman–Crippen LogP) is 0.621. The molecule has 1 aromatic carbocycles. The number of rotatable bonds is 2. The van der Waals surface area contributed by atoms with E-state index in [4.69, 9.17) is 0 Å². The molecule has 0 radical (unpaired) electrons. The number of amides is 1. The lowest BCUT2D eigenvalue weighted by molar-refractivity contribution is 0.0728. The van der Waals surface area contributed by atoms with Crippen molar-refractivity contribution in [3.63, 3.8) is 0 Å². The maximum absolute atomic E-state index is 12.5. The van der Waals surface area contributed by atoms with Crippen LogP contribution in [0.2, 0.25) is 0 Å². The number of aromatic nitrogens is 3. The molecule has 4 rings (SSSR count). The standard InChI is InChI=1S/C15H17N5O/c21-15(14-10-20(18-17-14)13-7-16-8-13)19-6-5-11-3-1-2-4-12(11)9-19/h1-4,10,13,16H,5-9H2. The van der Waals surface area contributed by atoms with Crippen molar-refractivity contribution in [3.8, 4) is 0 Å². The smallest absolute Gasteiger partial charge is 0.276 e. The Morgan fingerprint density at radius 1 is 1.24 bits per heavy atom. The average molecular weight is 283 g/mol. The number of nitrogens with zero attached hydrogens (tertiary/aromatic N) is 4. The molecule has 0 atom stereocenters. The monoisotopic (exact) mass is 283 g/mol. The second-order valence-electron chi connectivity index (χ2n) is 5.64. The van der Waals surface area contributed by atoms with E-state index in [-0.39, 0.29) is 5.91 Å². The summed E-state index contributed by atoms with van der Waals surface area (Å²) >= 11 is 0. The zero-order valence-electron chi connectivity index (χ0n) is 11.7. The van der Waals surface area contributed by atoms with Crippen LogP contribution in [0, 0.1) is 0 Å². The average Bonchev–Trinajstić information content (AvgIpc) is 2.93. The lowest BCUT2D eigenvalue weighted by Crippen LogP contribution is -2.43. The highest BCUT2D eigenvalue weighted by atomic mass is 16.2. The maximum atomic E-state index is 12.5. The van der Waals surface area contributed by atoms with E-state index in [0.717, 1.165) is 26.1 Å². The number of carbonyl (C=O) groups excluding carboxylic acids is 1. The first-order valence-electron chi connectivity index (χ1n) is 7.30. The predicted molar refractivity (Wildman–Crippen MR) is 76.8 cm³/mol. The molecule has 1 aromatic heterocycles. The van der Waals surface area contributed by atoms with Gasteiger partial charge in [0.25, 0.3) is 5.91 Å². The number of hydrogen-bond acceptors (Lipinski definition) is 4. The molecular weight excluding hydrogens is 266 g/mol. The third kappa shape index (κ3) is 2.21. The fourth-order valence-corrected chi connectivity index (χ4v) is 2.84. The summed E-state index contributed by atoms with van der Waals surface area (Å²) < 4.78 is 1.79. The largest absolute Gasteiger partial charge is 0.333 e. The summed E-state index contributed by atoms with van der Waals surface area (Å²) in [5.41, 5.74) is 3.01. The number of carbonyl (C=O) groups is 1. The van der Waals surface area contributed by atoms with E-state index in [9.17, 15) is 4.79 Å². The van der Waals surface area contributed by atoms with Crippen LogP contribution in [-0.2, 0) is 13.0 Å². The third-order valence-corrected chi connectivity index (χ3v) is 4.28. The van der Waals surface area contributed by atoms with Crippen molar-refractivity contribution in [2.75, 3.05) is 19.6 Å². The molecule has 6 heteroatoms. The van der Waals surface area contributed by atoms with Gasteiger partial charge in [0.15, 0.2) is 5.69 Å². The molecule has 1 amide bonds. The molecule has 2 aliphatic heterocycles. The molecule has 6 nitrogen and oxygen atoms in total. The van der Waals surface area contributed by atoms with Crippen LogP contribution in [0.1, 0.15) is 27.7 Å². The van der Waals surface area contributed by atoms with E-state index in [1.807, 2.05) is 11.0 Å². The minimum atomic E-state index is -0.0250. The molecule has 108 valence electrons. The van der Waals surface area contributed by atoms with Gasteiger partial charge in [0.1, 0.15) is 0 Å². The summed E-state index contributed by atoms with van der Waals surface area (Å²) in [5, 5.41) is 11.3. The summed E-state index contributed by atoms with van der Waals surface area (Å²) in [4.78, 5) is 14.4. The Hall–Kier alpha value is -2.21. The lowest BCUT2D eigenvalue weighted by atomic mass is 10.00. The lowest BCUT2D eigenvalue weighted by Gasteiger charge is -2.28. The van der Waals surface area contributed by atoms with Crippen LogP contribution in [-0.4, -0.2) is 45.4 Å². The van der Waals surface area contributed by atoms with Gasteiger partial charge in [0.05, 0.1) is 12.2 Å². The van der Waals surface area contributed by atoms with Gasteiger partial charge in [-0.1, -0.05) is 29.5 Å². The summed E-state index contributed by atoms with van der Waals surface area (Å²) in [6.07, 6.45) is 2.68. The number of fused-ring (bicyclic) bond motifs is 1. The fraction of sp³-hybridized carbons (Fsp3) is 0.400. The number of hydrogen-bond donors (Lipinski definition) is 1. The van der Waals surface area contributed by atoms with Crippen molar-refractivity contribution in [1.29, 1.82) is 0 Å². The van der Waals surface area contributed by atoms with Gasteiger partial charge in [0, 0.05) is 26.2 Å². The summed E-state index contributed by atoms with van der Waals surface area (Å²) in [7, 11) is 0. The maximum Gasteiger partial charge on any atom is 0.276 e. The molecule has 1 N–H and O–H groups in total. The molecule has 21 heavy (non-hydrogen) atoms. The first-order valence-corrected chi connectivity index (χ1v) is 7.30. The Morgan fingerprint density at radius 3 is 2.81 bits per heavy atom. The van der Waals surface area contributed by atoms with Gasteiger partial charge >= 0.3 is 0 Å². The van der Waals surface area contributed by atoms with E-state index >= 15 is 0 Å². The van der Waals surface area contributed by atoms with Crippen LogP contribution in [0.3, 0.4) is 0 Å². The topological polar surface area (TPSA) is 63.1 Å². The SMILES string of the molecule is O=C(c1cn(C2CNC2)nn1)N1CCc2ccccc2C1. The minimum absolute atomic E-state index is 0.0250. The van der Waals surface area contributed by atoms with Crippen LogP contribution >= 0.6 is 0 Å². The summed E-state index contributed by atoms with van der Waals surface area (Å²) in [6.45, 7) is 3.20. The van der Waals surface area contributed by atoms with Crippen LogP contribution in [0.25, 0.3) is 0 Å². The van der Waals surface area contributed by atoms with Crippen LogP contribution in [0.4, 0.5) is 0 Å². The zero-order chi connectivity index (χ0) is 14.2. The number of nitrogens with one attached hydrogen (secondary N) is 1. The van der Waals surface area contributed by atoms with E-state index in [2.05, 4.69) is 33.8 Å². The Bertz CT molecular complexity index is 676. The van der Waals surface area contributed by atoms with E-state index < -0.39 is 0 Å². The fourth-order valence-electron chi connectivity index (χ4n) is 2.84. The second kappa shape index (κ2) is 4.96. The van der Waals surface area contributed by atoms with Crippen molar-refractivity contribution in [1.82, 2.24) is 25.2 Å². The normalized spacial score (nSPS) is 18.2. The number of benzene rings is 1. The van der Waals surface area contributed by atoms with Crippen molar-refractivity contribution in [3.05, 3.63) is 47.3 Å². The van der Waals surface area contributed by atoms with Crippen molar-refractivity contribution >= 4 is 5.91 Å².